The van der Waals surface area contributed by atoms with E-state index in [0.717, 1.165) is 28.0 Å². The van der Waals surface area contributed by atoms with Gasteiger partial charge in [0.2, 0.25) is 0 Å². The highest BCUT2D eigenvalue weighted by molar-refractivity contribution is 7.98. The smallest absolute Gasteiger partial charge is 0.191 e. The van der Waals surface area contributed by atoms with Gasteiger partial charge < -0.3 is 9.30 Å². The normalized spacial score (nSPS) is 11.1. The van der Waals surface area contributed by atoms with Gasteiger partial charge in [-0.15, -0.1) is 10.2 Å². The number of aromatic nitrogens is 3. The number of ether oxygens (including phenoxy) is 1. The maximum absolute atomic E-state index is 6.00. The van der Waals surface area contributed by atoms with Crippen molar-refractivity contribution in [2.75, 3.05) is 0 Å². The lowest BCUT2D eigenvalue weighted by Gasteiger charge is -2.09. The van der Waals surface area contributed by atoms with Gasteiger partial charge in [-0.25, -0.2) is 0 Å². The Morgan fingerprint density at radius 2 is 1.86 bits per heavy atom. The number of benzene rings is 3. The fourth-order valence-corrected chi connectivity index (χ4v) is 4.23. The van der Waals surface area contributed by atoms with E-state index in [9.17, 15) is 0 Å². The van der Waals surface area contributed by atoms with Crippen molar-refractivity contribution >= 4 is 34.1 Å². The highest BCUT2D eigenvalue weighted by Gasteiger charge is 2.12. The Kier molecular flexibility index (Phi) is 5.55. The largest absolute Gasteiger partial charge is 0.485 e. The Balaban J connectivity index is 1.45. The topological polar surface area (TPSA) is 39.9 Å². The van der Waals surface area contributed by atoms with E-state index >= 15 is 0 Å². The third-order valence-electron chi connectivity index (χ3n) is 4.66. The fourth-order valence-electron chi connectivity index (χ4n) is 3.07. The second-order valence-electron chi connectivity index (χ2n) is 6.58. The number of halogens is 1. The van der Waals surface area contributed by atoms with Gasteiger partial charge in [-0.1, -0.05) is 65.8 Å². The Labute approximate surface area is 173 Å². The molecule has 0 aliphatic heterocycles. The van der Waals surface area contributed by atoms with Crippen molar-refractivity contribution in [3.63, 3.8) is 0 Å². The third-order valence-corrected chi connectivity index (χ3v) is 5.96. The van der Waals surface area contributed by atoms with Crippen molar-refractivity contribution in [1.29, 1.82) is 0 Å². The molecule has 1 heterocycles. The number of nitrogens with zero attached hydrogens (tertiary/aromatic N) is 3. The molecule has 0 saturated heterocycles. The van der Waals surface area contributed by atoms with E-state index in [2.05, 4.69) is 52.7 Å². The zero-order valence-electron chi connectivity index (χ0n) is 15.7. The number of hydrogen-bond acceptors (Lipinski definition) is 4. The maximum Gasteiger partial charge on any atom is 0.191 e. The molecule has 0 spiro atoms. The molecule has 4 nitrogen and oxygen atoms in total. The van der Waals surface area contributed by atoms with Gasteiger partial charge in [-0.3, -0.25) is 0 Å². The molecule has 142 valence electrons. The van der Waals surface area contributed by atoms with Gasteiger partial charge in [0.25, 0.3) is 0 Å². The summed E-state index contributed by atoms with van der Waals surface area (Å²) in [4.78, 5) is 0. The molecule has 0 radical (unpaired) electrons. The van der Waals surface area contributed by atoms with Crippen LogP contribution in [0, 0.1) is 6.92 Å². The summed E-state index contributed by atoms with van der Waals surface area (Å²) < 4.78 is 7.89. The molecule has 0 fully saturated rings. The molecule has 0 unspecified atom stereocenters. The summed E-state index contributed by atoms with van der Waals surface area (Å²) in [5.74, 6) is 2.43. The number of hydrogen-bond donors (Lipinski definition) is 0. The highest BCUT2D eigenvalue weighted by Crippen LogP contribution is 2.27. The van der Waals surface area contributed by atoms with Crippen LogP contribution in [-0.2, 0) is 19.4 Å². The zero-order chi connectivity index (χ0) is 19.5. The summed E-state index contributed by atoms with van der Waals surface area (Å²) in [5.41, 5.74) is 2.29. The lowest BCUT2D eigenvalue weighted by molar-refractivity contribution is 0.288. The van der Waals surface area contributed by atoms with E-state index in [1.54, 1.807) is 11.8 Å². The Hall–Kier alpha value is -2.50. The van der Waals surface area contributed by atoms with Crippen LogP contribution >= 0.6 is 23.4 Å². The number of thioether (sulfide) groups is 1. The number of rotatable bonds is 6. The molecule has 3 aromatic carbocycles. The first-order valence-corrected chi connectivity index (χ1v) is 10.3. The summed E-state index contributed by atoms with van der Waals surface area (Å²) in [6.07, 6.45) is 0. The van der Waals surface area contributed by atoms with Crippen molar-refractivity contribution < 1.29 is 4.74 Å². The molecule has 28 heavy (non-hydrogen) atoms. The first-order chi connectivity index (χ1) is 13.6. The van der Waals surface area contributed by atoms with Crippen LogP contribution in [0.3, 0.4) is 0 Å². The lowest BCUT2D eigenvalue weighted by atomic mass is 10.1. The van der Waals surface area contributed by atoms with Gasteiger partial charge >= 0.3 is 0 Å². The summed E-state index contributed by atoms with van der Waals surface area (Å²) >= 11 is 7.68. The SMILES string of the molecule is Cc1cc(Cl)ccc1OCc1nnc(SCc2cccc3ccccc23)n1C. The van der Waals surface area contributed by atoms with Gasteiger partial charge in [0.05, 0.1) is 0 Å². The lowest BCUT2D eigenvalue weighted by Crippen LogP contribution is -2.05. The number of fused-ring (bicyclic) bond motifs is 1. The molecule has 0 aliphatic carbocycles. The molecule has 4 rings (SSSR count). The van der Waals surface area contributed by atoms with Crippen LogP contribution in [0.1, 0.15) is 17.0 Å². The fraction of sp³-hybridized carbons (Fsp3) is 0.182. The number of aryl methyl sites for hydroxylation is 1. The molecular weight excluding hydrogens is 390 g/mol. The molecule has 0 saturated carbocycles. The molecule has 6 heteroatoms. The van der Waals surface area contributed by atoms with Crippen molar-refractivity contribution in [2.45, 2.75) is 24.4 Å². The second-order valence-corrected chi connectivity index (χ2v) is 7.96. The molecule has 0 N–H and O–H groups in total. The molecule has 0 bridgehead atoms. The van der Waals surface area contributed by atoms with Crippen molar-refractivity contribution in [3.8, 4) is 5.75 Å². The monoisotopic (exact) mass is 409 g/mol. The van der Waals surface area contributed by atoms with Gasteiger partial charge in [0.1, 0.15) is 12.4 Å². The maximum atomic E-state index is 6.00. The summed E-state index contributed by atoms with van der Waals surface area (Å²) in [7, 11) is 1.97. The van der Waals surface area contributed by atoms with Gasteiger partial charge in [0, 0.05) is 17.8 Å². The highest BCUT2D eigenvalue weighted by atomic mass is 35.5. The average Bonchev–Trinajstić information content (AvgIpc) is 3.05. The van der Waals surface area contributed by atoms with Crippen LogP contribution in [0.5, 0.6) is 5.75 Å². The zero-order valence-corrected chi connectivity index (χ0v) is 17.3. The van der Waals surface area contributed by atoms with Crippen LogP contribution < -0.4 is 4.74 Å². The standard InChI is InChI=1S/C22H20ClN3OS/c1-15-12-18(23)10-11-20(15)27-13-21-24-25-22(26(21)2)28-14-17-8-5-7-16-6-3-4-9-19(16)17/h3-12H,13-14H2,1-2H3. The molecular formula is C22H20ClN3OS. The molecule has 0 amide bonds. The van der Waals surface area contributed by atoms with Crippen molar-refractivity contribution in [3.05, 3.63) is 82.6 Å². The first-order valence-electron chi connectivity index (χ1n) is 8.98. The first kappa shape index (κ1) is 18.8. The van der Waals surface area contributed by atoms with E-state index < -0.39 is 0 Å². The van der Waals surface area contributed by atoms with Gasteiger partial charge in [0.15, 0.2) is 11.0 Å². The minimum Gasteiger partial charge on any atom is -0.485 e. The van der Waals surface area contributed by atoms with E-state index in [1.807, 2.05) is 36.7 Å². The predicted octanol–water partition coefficient (Wildman–Crippen LogP) is 5.80. The van der Waals surface area contributed by atoms with Crippen LogP contribution in [0.25, 0.3) is 10.8 Å². The van der Waals surface area contributed by atoms with E-state index in [4.69, 9.17) is 16.3 Å². The second kappa shape index (κ2) is 8.25. The summed E-state index contributed by atoms with van der Waals surface area (Å²) in [5, 5.41) is 12.7. The average molecular weight is 410 g/mol. The van der Waals surface area contributed by atoms with Crippen LogP contribution in [0.15, 0.2) is 65.8 Å². The molecule has 0 atom stereocenters. The summed E-state index contributed by atoms with van der Waals surface area (Å²) in [6.45, 7) is 2.34. The van der Waals surface area contributed by atoms with Crippen molar-refractivity contribution in [1.82, 2.24) is 14.8 Å². The van der Waals surface area contributed by atoms with Crippen LogP contribution in [0.2, 0.25) is 5.02 Å². The predicted molar refractivity (Wildman–Crippen MR) is 115 cm³/mol. The summed E-state index contributed by atoms with van der Waals surface area (Å²) in [6, 6.07) is 20.4. The van der Waals surface area contributed by atoms with Crippen LogP contribution in [-0.4, -0.2) is 14.8 Å². The minimum absolute atomic E-state index is 0.362. The quantitative estimate of drug-likeness (QED) is 0.377. The van der Waals surface area contributed by atoms with Gasteiger partial charge in [-0.2, -0.15) is 0 Å². The van der Waals surface area contributed by atoms with E-state index in [-0.39, 0.29) is 0 Å². The van der Waals surface area contributed by atoms with E-state index in [1.165, 1.54) is 16.3 Å². The Morgan fingerprint density at radius 1 is 1.04 bits per heavy atom. The molecule has 1 aromatic heterocycles. The Bertz CT molecular complexity index is 1120. The van der Waals surface area contributed by atoms with Crippen LogP contribution in [0.4, 0.5) is 0 Å². The Morgan fingerprint density at radius 3 is 2.71 bits per heavy atom. The molecule has 0 aliphatic rings. The van der Waals surface area contributed by atoms with E-state index in [0.29, 0.717) is 11.6 Å². The van der Waals surface area contributed by atoms with Crippen molar-refractivity contribution in [2.24, 2.45) is 7.05 Å². The molecule has 4 aromatic rings. The third kappa shape index (κ3) is 4.01. The minimum atomic E-state index is 0.362. The van der Waals surface area contributed by atoms with Gasteiger partial charge in [-0.05, 0) is 47.0 Å².